The van der Waals surface area contributed by atoms with Crippen LogP contribution in [0.1, 0.15) is 65.2 Å². The summed E-state index contributed by atoms with van der Waals surface area (Å²) in [6, 6.07) is 0. The van der Waals surface area contributed by atoms with E-state index in [0.29, 0.717) is 6.42 Å². The maximum Gasteiger partial charge on any atom is 0.305 e. The highest BCUT2D eigenvalue weighted by Gasteiger charge is 2.00. The Labute approximate surface area is 159 Å². The third-order valence-corrected chi connectivity index (χ3v) is 3.55. The van der Waals surface area contributed by atoms with Crippen molar-refractivity contribution in [3.05, 3.63) is 0 Å². The number of hydrogen-bond acceptors (Lipinski definition) is 3. The van der Waals surface area contributed by atoms with Crippen LogP contribution >= 0.6 is 24.0 Å². The largest absolute Gasteiger partial charge is 0.469 e. The summed E-state index contributed by atoms with van der Waals surface area (Å²) in [5.74, 6) is 1.57. The molecule has 23 heavy (non-hydrogen) atoms. The standard InChI is InChI=1S/C17H35N3O2.HI/c1-15(2)11-8-10-14-20-17(18-3)19-13-9-6-5-7-12-16(21)22-4;/h15H,5-14H2,1-4H3,(H2,18,19,20);1H. The van der Waals surface area contributed by atoms with Gasteiger partial charge in [0, 0.05) is 26.6 Å². The van der Waals surface area contributed by atoms with Gasteiger partial charge in [-0.1, -0.05) is 39.5 Å². The van der Waals surface area contributed by atoms with Gasteiger partial charge in [0.2, 0.25) is 0 Å². The minimum atomic E-state index is -0.111. The molecule has 0 fully saturated rings. The van der Waals surface area contributed by atoms with Gasteiger partial charge in [0.15, 0.2) is 5.96 Å². The monoisotopic (exact) mass is 441 g/mol. The zero-order valence-electron chi connectivity index (χ0n) is 15.3. The zero-order valence-corrected chi connectivity index (χ0v) is 17.7. The second kappa shape index (κ2) is 17.8. The van der Waals surface area contributed by atoms with Crippen LogP contribution in [0.15, 0.2) is 4.99 Å². The normalized spacial score (nSPS) is 11.1. The van der Waals surface area contributed by atoms with Crippen LogP contribution < -0.4 is 10.6 Å². The van der Waals surface area contributed by atoms with Gasteiger partial charge in [0.05, 0.1) is 7.11 Å². The van der Waals surface area contributed by atoms with Crippen molar-refractivity contribution in [2.45, 2.75) is 65.2 Å². The van der Waals surface area contributed by atoms with E-state index in [-0.39, 0.29) is 29.9 Å². The van der Waals surface area contributed by atoms with E-state index in [9.17, 15) is 4.79 Å². The van der Waals surface area contributed by atoms with Gasteiger partial charge in [-0.15, -0.1) is 24.0 Å². The van der Waals surface area contributed by atoms with Gasteiger partial charge >= 0.3 is 5.97 Å². The molecule has 0 aliphatic carbocycles. The predicted octanol–water partition coefficient (Wildman–Crippen LogP) is 3.72. The average Bonchev–Trinajstić information content (AvgIpc) is 2.50. The number of aliphatic imine (C=N–C) groups is 1. The fourth-order valence-corrected chi connectivity index (χ4v) is 2.16. The summed E-state index contributed by atoms with van der Waals surface area (Å²) in [5.41, 5.74) is 0. The first-order valence-electron chi connectivity index (χ1n) is 8.61. The maximum absolute atomic E-state index is 11.0. The molecule has 0 bridgehead atoms. The molecule has 0 saturated heterocycles. The first-order chi connectivity index (χ1) is 10.6. The molecule has 0 aromatic rings. The van der Waals surface area contributed by atoms with Crippen LogP contribution in [0, 0.1) is 5.92 Å². The highest BCUT2D eigenvalue weighted by molar-refractivity contribution is 14.0. The zero-order chi connectivity index (χ0) is 16.6. The molecule has 0 spiro atoms. The molecule has 138 valence electrons. The molecular formula is C17H36IN3O2. The topological polar surface area (TPSA) is 62.7 Å². The Balaban J connectivity index is 0. The number of carbonyl (C=O) groups excluding carboxylic acids is 1. The van der Waals surface area contributed by atoms with Gasteiger partial charge in [0.1, 0.15) is 0 Å². The molecule has 0 atom stereocenters. The highest BCUT2D eigenvalue weighted by atomic mass is 127. The van der Waals surface area contributed by atoms with E-state index in [1.165, 1.54) is 26.4 Å². The predicted molar refractivity (Wildman–Crippen MR) is 109 cm³/mol. The van der Waals surface area contributed by atoms with Crippen LogP contribution in [0.4, 0.5) is 0 Å². The molecule has 0 unspecified atom stereocenters. The second-order valence-corrected chi connectivity index (χ2v) is 6.06. The number of nitrogens with zero attached hydrogens (tertiary/aromatic N) is 1. The lowest BCUT2D eigenvalue weighted by Gasteiger charge is -2.12. The number of guanidine groups is 1. The number of methoxy groups -OCH3 is 1. The molecule has 0 heterocycles. The first-order valence-corrected chi connectivity index (χ1v) is 8.61. The summed E-state index contributed by atoms with van der Waals surface area (Å²) in [7, 11) is 3.24. The third-order valence-electron chi connectivity index (χ3n) is 3.55. The lowest BCUT2D eigenvalue weighted by molar-refractivity contribution is -0.140. The fourth-order valence-electron chi connectivity index (χ4n) is 2.16. The number of carbonyl (C=O) groups is 1. The van der Waals surface area contributed by atoms with Crippen LogP contribution in [0.25, 0.3) is 0 Å². The Morgan fingerprint density at radius 2 is 1.57 bits per heavy atom. The number of ether oxygens (including phenoxy) is 1. The average molecular weight is 441 g/mol. The minimum Gasteiger partial charge on any atom is -0.469 e. The summed E-state index contributed by atoms with van der Waals surface area (Å²) in [5, 5.41) is 6.67. The number of esters is 1. The lowest BCUT2D eigenvalue weighted by Crippen LogP contribution is -2.38. The van der Waals surface area contributed by atoms with Crippen LogP contribution in [0.5, 0.6) is 0 Å². The summed E-state index contributed by atoms with van der Waals surface area (Å²) in [6.45, 7) is 6.42. The van der Waals surface area contributed by atoms with Crippen molar-refractivity contribution in [1.82, 2.24) is 10.6 Å². The minimum absolute atomic E-state index is 0. The molecule has 0 aromatic carbocycles. The third kappa shape index (κ3) is 17.7. The van der Waals surface area contributed by atoms with Gasteiger partial charge in [-0.25, -0.2) is 0 Å². The summed E-state index contributed by atoms with van der Waals surface area (Å²) in [4.78, 5) is 15.2. The van der Waals surface area contributed by atoms with E-state index < -0.39 is 0 Å². The number of unbranched alkanes of at least 4 members (excludes halogenated alkanes) is 4. The Morgan fingerprint density at radius 1 is 1.00 bits per heavy atom. The Hall–Kier alpha value is -0.530. The smallest absolute Gasteiger partial charge is 0.305 e. The summed E-state index contributed by atoms with van der Waals surface area (Å²) < 4.78 is 4.62. The molecule has 0 aliphatic heterocycles. The van der Waals surface area contributed by atoms with Gasteiger partial charge in [-0.2, -0.15) is 0 Å². The molecule has 0 radical (unpaired) electrons. The summed E-state index contributed by atoms with van der Waals surface area (Å²) in [6.07, 6.45) is 8.47. The van der Waals surface area contributed by atoms with Crippen LogP contribution in [-0.4, -0.2) is 39.2 Å². The van der Waals surface area contributed by atoms with Gasteiger partial charge in [-0.3, -0.25) is 9.79 Å². The van der Waals surface area contributed by atoms with Crippen LogP contribution in [0.3, 0.4) is 0 Å². The summed E-state index contributed by atoms with van der Waals surface area (Å²) >= 11 is 0. The Kier molecular flexibility index (Phi) is 19.1. The highest BCUT2D eigenvalue weighted by Crippen LogP contribution is 2.05. The molecule has 0 aliphatic rings. The lowest BCUT2D eigenvalue weighted by atomic mass is 10.1. The van der Waals surface area contributed by atoms with Crippen molar-refractivity contribution in [3.63, 3.8) is 0 Å². The van der Waals surface area contributed by atoms with Gasteiger partial charge in [0.25, 0.3) is 0 Å². The van der Waals surface area contributed by atoms with E-state index >= 15 is 0 Å². The van der Waals surface area contributed by atoms with Gasteiger partial charge in [-0.05, 0) is 25.2 Å². The van der Waals surface area contributed by atoms with E-state index in [1.54, 1.807) is 7.05 Å². The van der Waals surface area contributed by atoms with E-state index in [1.807, 2.05) is 0 Å². The molecule has 6 heteroatoms. The van der Waals surface area contributed by atoms with Gasteiger partial charge < -0.3 is 15.4 Å². The van der Waals surface area contributed by atoms with Crippen molar-refractivity contribution in [1.29, 1.82) is 0 Å². The molecular weight excluding hydrogens is 405 g/mol. The number of rotatable bonds is 12. The van der Waals surface area contributed by atoms with Crippen LogP contribution in [0.2, 0.25) is 0 Å². The van der Waals surface area contributed by atoms with E-state index in [0.717, 1.165) is 50.7 Å². The maximum atomic E-state index is 11.0. The van der Waals surface area contributed by atoms with E-state index in [2.05, 4.69) is 34.2 Å². The molecule has 2 N–H and O–H groups in total. The molecule has 0 saturated carbocycles. The Bertz CT molecular complexity index is 310. The van der Waals surface area contributed by atoms with Crippen LogP contribution in [-0.2, 0) is 9.53 Å². The number of nitrogens with one attached hydrogen (secondary N) is 2. The SMILES string of the molecule is CN=C(NCCCCCCC(=O)OC)NCCCCC(C)C.I. The molecule has 0 rings (SSSR count). The van der Waals surface area contributed by atoms with Crippen molar-refractivity contribution in [3.8, 4) is 0 Å². The van der Waals surface area contributed by atoms with Crippen molar-refractivity contribution in [2.75, 3.05) is 27.2 Å². The molecule has 0 aromatic heterocycles. The Morgan fingerprint density at radius 3 is 2.09 bits per heavy atom. The van der Waals surface area contributed by atoms with Crippen molar-refractivity contribution in [2.24, 2.45) is 10.9 Å². The molecule has 5 nitrogen and oxygen atoms in total. The van der Waals surface area contributed by atoms with Crippen molar-refractivity contribution >= 4 is 35.9 Å². The van der Waals surface area contributed by atoms with Crippen molar-refractivity contribution < 1.29 is 9.53 Å². The second-order valence-electron chi connectivity index (χ2n) is 6.06. The number of halogens is 1. The van der Waals surface area contributed by atoms with E-state index in [4.69, 9.17) is 0 Å². The number of hydrogen-bond donors (Lipinski definition) is 2. The molecule has 0 amide bonds. The fraction of sp³-hybridized carbons (Fsp3) is 0.882. The quantitative estimate of drug-likeness (QED) is 0.159. The first kappa shape index (κ1) is 24.7.